The number of benzene rings is 1. The van der Waals surface area contributed by atoms with Crippen LogP contribution in [0.2, 0.25) is 5.02 Å². The molecular weight excluding hydrogens is 291 g/mol. The summed E-state index contributed by atoms with van der Waals surface area (Å²) in [5.41, 5.74) is 0.683. The van der Waals surface area contributed by atoms with E-state index < -0.39 is 0 Å². The van der Waals surface area contributed by atoms with Crippen molar-refractivity contribution in [3.8, 4) is 0 Å². The van der Waals surface area contributed by atoms with Crippen LogP contribution in [0.1, 0.15) is 19.4 Å². The van der Waals surface area contributed by atoms with Gasteiger partial charge in [-0.05, 0) is 37.2 Å². The largest absolute Gasteiger partial charge is 0.374 e. The van der Waals surface area contributed by atoms with Crippen LogP contribution in [0.25, 0.3) is 0 Å². The number of ether oxygens (including phenoxy) is 1. The number of morpholine rings is 1. The van der Waals surface area contributed by atoms with Gasteiger partial charge in [-0.1, -0.05) is 31.5 Å². The van der Waals surface area contributed by atoms with Gasteiger partial charge in [0.2, 0.25) is 0 Å². The number of hydrogen-bond donors (Lipinski definition) is 1. The molecule has 21 heavy (non-hydrogen) atoms. The Balaban J connectivity index is 2.07. The predicted octanol–water partition coefficient (Wildman–Crippen LogP) is 2.72. The standard InChI is InChI=1S/C16H24ClFN2O/c1-3-19-15(16-11-20(4-2)7-8-21-16)9-12-5-6-13(17)10-14(12)18/h5-6,10,15-16,19H,3-4,7-9,11H2,1-2H3. The Morgan fingerprint density at radius 3 is 2.95 bits per heavy atom. The highest BCUT2D eigenvalue weighted by Crippen LogP contribution is 2.19. The van der Waals surface area contributed by atoms with Crippen LogP contribution < -0.4 is 5.32 Å². The normalized spacial score (nSPS) is 21.4. The van der Waals surface area contributed by atoms with Gasteiger partial charge in [0.15, 0.2) is 0 Å². The van der Waals surface area contributed by atoms with Gasteiger partial charge in [0.1, 0.15) is 5.82 Å². The zero-order valence-corrected chi connectivity index (χ0v) is 13.5. The van der Waals surface area contributed by atoms with Gasteiger partial charge in [0.05, 0.1) is 12.7 Å². The fourth-order valence-electron chi connectivity index (χ4n) is 2.78. The first-order valence-corrected chi connectivity index (χ1v) is 8.03. The summed E-state index contributed by atoms with van der Waals surface area (Å²) in [6.07, 6.45) is 0.702. The minimum Gasteiger partial charge on any atom is -0.374 e. The van der Waals surface area contributed by atoms with Gasteiger partial charge in [-0.2, -0.15) is 0 Å². The Morgan fingerprint density at radius 1 is 1.48 bits per heavy atom. The number of nitrogens with zero attached hydrogens (tertiary/aromatic N) is 1. The minimum absolute atomic E-state index is 0.0914. The molecule has 0 bridgehead atoms. The Morgan fingerprint density at radius 2 is 2.29 bits per heavy atom. The molecule has 2 unspecified atom stereocenters. The molecule has 2 atom stereocenters. The molecule has 0 aromatic heterocycles. The van der Waals surface area contributed by atoms with Crippen LogP contribution in [0.3, 0.4) is 0 Å². The maximum atomic E-state index is 14.0. The number of halogens is 2. The van der Waals surface area contributed by atoms with E-state index >= 15 is 0 Å². The SMILES string of the molecule is CCNC(Cc1ccc(Cl)cc1F)C1CN(CC)CCO1. The molecule has 1 aromatic carbocycles. The molecule has 3 nitrogen and oxygen atoms in total. The lowest BCUT2D eigenvalue weighted by Crippen LogP contribution is -2.53. The molecule has 2 rings (SSSR count). The molecule has 1 saturated heterocycles. The van der Waals surface area contributed by atoms with Crippen molar-refractivity contribution in [3.63, 3.8) is 0 Å². The van der Waals surface area contributed by atoms with Gasteiger partial charge in [0, 0.05) is 24.2 Å². The maximum absolute atomic E-state index is 14.0. The van der Waals surface area contributed by atoms with E-state index in [1.807, 2.05) is 0 Å². The lowest BCUT2D eigenvalue weighted by atomic mass is 9.99. The topological polar surface area (TPSA) is 24.5 Å². The van der Waals surface area contributed by atoms with E-state index in [0.717, 1.165) is 32.8 Å². The highest BCUT2D eigenvalue weighted by Gasteiger charge is 2.27. The monoisotopic (exact) mass is 314 g/mol. The quantitative estimate of drug-likeness (QED) is 0.874. The highest BCUT2D eigenvalue weighted by atomic mass is 35.5. The third-order valence-electron chi connectivity index (χ3n) is 3.99. The summed E-state index contributed by atoms with van der Waals surface area (Å²) in [7, 11) is 0. The van der Waals surface area contributed by atoms with E-state index in [1.165, 1.54) is 6.07 Å². The number of rotatable bonds is 6. The molecule has 0 radical (unpaired) electrons. The molecule has 0 amide bonds. The van der Waals surface area contributed by atoms with Crippen molar-refractivity contribution in [2.24, 2.45) is 0 Å². The van der Waals surface area contributed by atoms with Crippen LogP contribution in [0.15, 0.2) is 18.2 Å². The first kappa shape index (κ1) is 16.7. The fraction of sp³-hybridized carbons (Fsp3) is 0.625. The molecule has 0 saturated carbocycles. The minimum atomic E-state index is -0.242. The summed E-state index contributed by atoms with van der Waals surface area (Å²) >= 11 is 5.81. The molecule has 1 fully saturated rings. The van der Waals surface area contributed by atoms with Gasteiger partial charge in [-0.3, -0.25) is 4.90 Å². The molecule has 1 heterocycles. The van der Waals surface area contributed by atoms with E-state index in [2.05, 4.69) is 24.1 Å². The highest BCUT2D eigenvalue weighted by molar-refractivity contribution is 6.30. The molecule has 1 aliphatic heterocycles. The van der Waals surface area contributed by atoms with Crippen molar-refractivity contribution < 1.29 is 9.13 Å². The third kappa shape index (κ3) is 4.65. The van der Waals surface area contributed by atoms with Gasteiger partial charge in [-0.15, -0.1) is 0 Å². The van der Waals surface area contributed by atoms with Crippen LogP contribution in [-0.2, 0) is 11.2 Å². The Labute approximate surface area is 131 Å². The number of nitrogens with one attached hydrogen (secondary N) is 1. The second kappa shape index (κ2) is 8.08. The Bertz CT molecular complexity index is 458. The summed E-state index contributed by atoms with van der Waals surface area (Å²) in [6.45, 7) is 8.68. The predicted molar refractivity (Wildman–Crippen MR) is 84.4 cm³/mol. The maximum Gasteiger partial charge on any atom is 0.127 e. The van der Waals surface area contributed by atoms with Crippen molar-refractivity contribution in [2.45, 2.75) is 32.4 Å². The zero-order valence-electron chi connectivity index (χ0n) is 12.7. The van der Waals surface area contributed by atoms with E-state index in [0.29, 0.717) is 17.0 Å². The van der Waals surface area contributed by atoms with Crippen molar-refractivity contribution >= 4 is 11.6 Å². The summed E-state index contributed by atoms with van der Waals surface area (Å²) in [5.74, 6) is -0.242. The molecule has 118 valence electrons. The summed E-state index contributed by atoms with van der Waals surface area (Å²) in [6, 6.07) is 4.99. The number of likely N-dealkylation sites (N-methyl/N-ethyl adjacent to an activating group) is 2. The Hall–Kier alpha value is -0.680. The van der Waals surface area contributed by atoms with Crippen molar-refractivity contribution in [1.29, 1.82) is 0 Å². The molecule has 1 aromatic rings. The van der Waals surface area contributed by atoms with E-state index in [1.54, 1.807) is 12.1 Å². The number of hydrogen-bond acceptors (Lipinski definition) is 3. The second-order valence-electron chi connectivity index (χ2n) is 5.41. The fourth-order valence-corrected chi connectivity index (χ4v) is 2.94. The molecule has 1 N–H and O–H groups in total. The average Bonchev–Trinajstić information content (AvgIpc) is 2.49. The lowest BCUT2D eigenvalue weighted by molar-refractivity contribution is -0.0446. The van der Waals surface area contributed by atoms with Crippen LogP contribution in [0.5, 0.6) is 0 Å². The molecular formula is C16H24ClFN2O. The van der Waals surface area contributed by atoms with Crippen LogP contribution in [-0.4, -0.2) is 49.8 Å². The van der Waals surface area contributed by atoms with Crippen LogP contribution >= 0.6 is 11.6 Å². The molecule has 5 heteroatoms. The van der Waals surface area contributed by atoms with Gasteiger partial charge in [-0.25, -0.2) is 4.39 Å². The van der Waals surface area contributed by atoms with Gasteiger partial charge < -0.3 is 10.1 Å². The summed E-state index contributed by atoms with van der Waals surface area (Å²) < 4.78 is 19.9. The lowest BCUT2D eigenvalue weighted by Gasteiger charge is -2.37. The van der Waals surface area contributed by atoms with Gasteiger partial charge >= 0.3 is 0 Å². The van der Waals surface area contributed by atoms with Crippen molar-refractivity contribution in [2.75, 3.05) is 32.8 Å². The molecule has 1 aliphatic rings. The molecule has 0 spiro atoms. The summed E-state index contributed by atoms with van der Waals surface area (Å²) in [4.78, 5) is 2.37. The summed E-state index contributed by atoms with van der Waals surface area (Å²) in [5, 5.41) is 3.87. The van der Waals surface area contributed by atoms with Crippen LogP contribution in [0.4, 0.5) is 4.39 Å². The van der Waals surface area contributed by atoms with Crippen LogP contribution in [0, 0.1) is 5.82 Å². The van der Waals surface area contributed by atoms with Crippen molar-refractivity contribution in [1.82, 2.24) is 10.2 Å². The van der Waals surface area contributed by atoms with E-state index in [4.69, 9.17) is 16.3 Å². The molecule has 0 aliphatic carbocycles. The first-order valence-electron chi connectivity index (χ1n) is 7.65. The average molecular weight is 315 g/mol. The third-order valence-corrected chi connectivity index (χ3v) is 4.23. The van der Waals surface area contributed by atoms with Crippen molar-refractivity contribution in [3.05, 3.63) is 34.6 Å². The smallest absolute Gasteiger partial charge is 0.127 e. The van der Waals surface area contributed by atoms with E-state index in [-0.39, 0.29) is 18.0 Å². The van der Waals surface area contributed by atoms with Gasteiger partial charge in [0.25, 0.3) is 0 Å². The van der Waals surface area contributed by atoms with E-state index in [9.17, 15) is 4.39 Å². The first-order chi connectivity index (χ1) is 10.1. The second-order valence-corrected chi connectivity index (χ2v) is 5.84. The zero-order chi connectivity index (χ0) is 15.2. The Kier molecular flexibility index (Phi) is 6.42.